The second-order valence-corrected chi connectivity index (χ2v) is 3.51. The summed E-state index contributed by atoms with van der Waals surface area (Å²) in [5, 5.41) is 8.81. The average Bonchev–Trinajstić information content (AvgIpc) is 2.71. The normalized spacial score (nSPS) is 22.8. The third kappa shape index (κ3) is 2.57. The van der Waals surface area contributed by atoms with E-state index in [1.165, 1.54) is 0 Å². The minimum atomic E-state index is -0.904. The molecule has 1 aliphatic heterocycles. The van der Waals surface area contributed by atoms with E-state index in [9.17, 15) is 4.79 Å². The van der Waals surface area contributed by atoms with E-state index in [1.54, 1.807) is 6.26 Å². The summed E-state index contributed by atoms with van der Waals surface area (Å²) in [6.07, 6.45) is 0.901. The molecule has 5 nitrogen and oxygen atoms in total. The summed E-state index contributed by atoms with van der Waals surface area (Å²) in [5.74, 6) is -0.0554. The van der Waals surface area contributed by atoms with E-state index in [0.717, 1.165) is 12.3 Å². The van der Waals surface area contributed by atoms with E-state index in [2.05, 4.69) is 0 Å². The maximum Gasteiger partial charge on any atom is 0.334 e. The number of furan rings is 1. The molecule has 1 N–H and O–H groups in total. The molecule has 0 bridgehead atoms. The van der Waals surface area contributed by atoms with Crippen LogP contribution in [0.3, 0.4) is 0 Å². The number of hydrogen-bond acceptors (Lipinski definition) is 4. The number of carboxylic acids is 1. The van der Waals surface area contributed by atoms with Gasteiger partial charge in [0.2, 0.25) is 0 Å². The van der Waals surface area contributed by atoms with Gasteiger partial charge in [0.15, 0.2) is 6.10 Å². The van der Waals surface area contributed by atoms with Crippen LogP contribution in [0, 0.1) is 0 Å². The van der Waals surface area contributed by atoms with Gasteiger partial charge in [0.1, 0.15) is 5.76 Å². The highest BCUT2D eigenvalue weighted by Crippen LogP contribution is 2.10. The van der Waals surface area contributed by atoms with Gasteiger partial charge >= 0.3 is 5.97 Å². The second-order valence-electron chi connectivity index (χ2n) is 3.51. The zero-order valence-corrected chi connectivity index (χ0v) is 8.26. The molecule has 0 amide bonds. The predicted octanol–water partition coefficient (Wildman–Crippen LogP) is 0.565. The molecule has 1 saturated heterocycles. The van der Waals surface area contributed by atoms with Crippen LogP contribution < -0.4 is 0 Å². The summed E-state index contributed by atoms with van der Waals surface area (Å²) >= 11 is 0. The minimum absolute atomic E-state index is 0.413. The zero-order valence-electron chi connectivity index (χ0n) is 8.26. The SMILES string of the molecule is O=C(O)[C@@H]1CN(Cc2ccco2)CCO1. The van der Waals surface area contributed by atoms with Crippen molar-refractivity contribution in [3.63, 3.8) is 0 Å². The van der Waals surface area contributed by atoms with E-state index >= 15 is 0 Å². The first-order valence-corrected chi connectivity index (χ1v) is 4.85. The van der Waals surface area contributed by atoms with Crippen LogP contribution in [-0.2, 0) is 16.1 Å². The Morgan fingerprint density at radius 3 is 3.20 bits per heavy atom. The Kier molecular flexibility index (Phi) is 3.03. The molecule has 0 aromatic carbocycles. The van der Waals surface area contributed by atoms with Crippen molar-refractivity contribution >= 4 is 5.97 Å². The van der Waals surface area contributed by atoms with Gasteiger partial charge in [-0.1, -0.05) is 0 Å². The van der Waals surface area contributed by atoms with Gasteiger partial charge in [-0.05, 0) is 12.1 Å². The van der Waals surface area contributed by atoms with Crippen molar-refractivity contribution in [1.29, 1.82) is 0 Å². The quantitative estimate of drug-likeness (QED) is 0.791. The molecule has 5 heteroatoms. The Morgan fingerprint density at radius 1 is 1.67 bits per heavy atom. The molecular weight excluding hydrogens is 198 g/mol. The number of aliphatic carboxylic acids is 1. The first-order chi connectivity index (χ1) is 7.25. The number of nitrogens with zero attached hydrogens (tertiary/aromatic N) is 1. The Balaban J connectivity index is 1.90. The third-order valence-corrected chi connectivity index (χ3v) is 2.39. The van der Waals surface area contributed by atoms with Gasteiger partial charge in [-0.15, -0.1) is 0 Å². The molecule has 82 valence electrons. The van der Waals surface area contributed by atoms with Gasteiger partial charge in [0.05, 0.1) is 19.4 Å². The first-order valence-electron chi connectivity index (χ1n) is 4.85. The first kappa shape index (κ1) is 10.2. The van der Waals surface area contributed by atoms with Crippen molar-refractivity contribution in [2.45, 2.75) is 12.6 Å². The van der Waals surface area contributed by atoms with E-state index in [-0.39, 0.29) is 0 Å². The van der Waals surface area contributed by atoms with Crippen molar-refractivity contribution in [2.75, 3.05) is 19.7 Å². The van der Waals surface area contributed by atoms with Gasteiger partial charge in [-0.25, -0.2) is 4.79 Å². The van der Waals surface area contributed by atoms with E-state index < -0.39 is 12.1 Å². The Hall–Kier alpha value is -1.33. The molecule has 15 heavy (non-hydrogen) atoms. The van der Waals surface area contributed by atoms with Crippen LogP contribution >= 0.6 is 0 Å². The average molecular weight is 211 g/mol. The monoisotopic (exact) mass is 211 g/mol. The molecule has 1 aromatic heterocycles. The minimum Gasteiger partial charge on any atom is -0.479 e. The van der Waals surface area contributed by atoms with Gasteiger partial charge in [-0.2, -0.15) is 0 Å². The molecule has 0 spiro atoms. The lowest BCUT2D eigenvalue weighted by molar-refractivity contribution is -0.156. The van der Waals surface area contributed by atoms with Crippen LogP contribution in [0.1, 0.15) is 5.76 Å². The topological polar surface area (TPSA) is 62.9 Å². The van der Waals surface area contributed by atoms with E-state index in [1.807, 2.05) is 17.0 Å². The Bertz CT molecular complexity index is 322. The second kappa shape index (κ2) is 4.46. The van der Waals surface area contributed by atoms with Crippen LogP contribution in [0.25, 0.3) is 0 Å². The summed E-state index contributed by atoms with van der Waals surface area (Å²) in [6.45, 7) is 2.25. The van der Waals surface area contributed by atoms with Crippen LogP contribution in [0.2, 0.25) is 0 Å². The lowest BCUT2D eigenvalue weighted by atomic mass is 10.2. The summed E-state index contributed by atoms with van der Waals surface area (Å²) < 4.78 is 10.3. The van der Waals surface area contributed by atoms with Crippen LogP contribution in [0.4, 0.5) is 0 Å². The van der Waals surface area contributed by atoms with Crippen LogP contribution in [0.15, 0.2) is 22.8 Å². The molecule has 0 radical (unpaired) electrons. The zero-order chi connectivity index (χ0) is 10.7. The van der Waals surface area contributed by atoms with Crippen LogP contribution in [-0.4, -0.2) is 41.8 Å². The number of morpholine rings is 1. The third-order valence-electron chi connectivity index (χ3n) is 2.39. The molecule has 2 heterocycles. The molecule has 1 aliphatic rings. The molecule has 0 aliphatic carbocycles. The van der Waals surface area contributed by atoms with E-state index in [0.29, 0.717) is 19.7 Å². The lowest BCUT2D eigenvalue weighted by Crippen LogP contribution is -2.45. The Labute approximate surface area is 87.2 Å². The largest absolute Gasteiger partial charge is 0.479 e. The summed E-state index contributed by atoms with van der Waals surface area (Å²) in [5.41, 5.74) is 0. The molecular formula is C10H13NO4. The van der Waals surface area contributed by atoms with Crippen molar-refractivity contribution in [2.24, 2.45) is 0 Å². The maximum atomic E-state index is 10.7. The molecule has 2 rings (SSSR count). The lowest BCUT2D eigenvalue weighted by Gasteiger charge is -2.29. The standard InChI is InChI=1S/C10H13NO4/c12-10(13)9-7-11(3-5-15-9)6-8-2-1-4-14-8/h1-2,4,9H,3,5-7H2,(H,12,13)/t9-/m0/s1. The van der Waals surface area contributed by atoms with Crippen molar-refractivity contribution in [3.05, 3.63) is 24.2 Å². The molecule has 1 atom stereocenters. The van der Waals surface area contributed by atoms with Crippen LogP contribution in [0.5, 0.6) is 0 Å². The summed E-state index contributed by atoms with van der Waals surface area (Å²) in [4.78, 5) is 12.7. The summed E-state index contributed by atoms with van der Waals surface area (Å²) in [7, 11) is 0. The molecule has 0 saturated carbocycles. The molecule has 1 fully saturated rings. The van der Waals surface area contributed by atoms with E-state index in [4.69, 9.17) is 14.3 Å². The number of rotatable bonds is 3. The van der Waals surface area contributed by atoms with Gasteiger partial charge in [0.25, 0.3) is 0 Å². The fraction of sp³-hybridized carbons (Fsp3) is 0.500. The number of ether oxygens (including phenoxy) is 1. The van der Waals surface area contributed by atoms with Gasteiger partial charge in [0, 0.05) is 13.1 Å². The fourth-order valence-corrected chi connectivity index (χ4v) is 1.62. The predicted molar refractivity (Wildman–Crippen MR) is 51.4 cm³/mol. The highest BCUT2D eigenvalue weighted by atomic mass is 16.5. The van der Waals surface area contributed by atoms with Crippen molar-refractivity contribution in [1.82, 2.24) is 4.90 Å². The smallest absolute Gasteiger partial charge is 0.334 e. The number of carboxylic acid groups (broad SMARTS) is 1. The number of hydrogen-bond donors (Lipinski definition) is 1. The Morgan fingerprint density at radius 2 is 2.53 bits per heavy atom. The highest BCUT2D eigenvalue weighted by molar-refractivity contribution is 5.72. The van der Waals surface area contributed by atoms with Gasteiger partial charge in [-0.3, -0.25) is 4.90 Å². The van der Waals surface area contributed by atoms with Gasteiger partial charge < -0.3 is 14.3 Å². The molecule has 0 unspecified atom stereocenters. The van der Waals surface area contributed by atoms with Crippen molar-refractivity contribution in [3.8, 4) is 0 Å². The fourth-order valence-electron chi connectivity index (χ4n) is 1.62. The summed E-state index contributed by atoms with van der Waals surface area (Å²) in [6, 6.07) is 3.70. The highest BCUT2D eigenvalue weighted by Gasteiger charge is 2.26. The number of carbonyl (C=O) groups is 1. The van der Waals surface area contributed by atoms with Crippen molar-refractivity contribution < 1.29 is 19.1 Å². The molecule has 1 aromatic rings. The maximum absolute atomic E-state index is 10.7.